The van der Waals surface area contributed by atoms with Gasteiger partial charge in [0.15, 0.2) is 12.4 Å². The van der Waals surface area contributed by atoms with Crippen molar-refractivity contribution >= 4 is 50.7 Å². The molecule has 0 atom stereocenters. The van der Waals surface area contributed by atoms with Gasteiger partial charge < -0.3 is 21.0 Å². The largest absolute Gasteiger partial charge is 0.484 e. The van der Waals surface area contributed by atoms with Crippen molar-refractivity contribution in [2.45, 2.75) is 0 Å². The number of hydrogen-bond donors (Lipinski definition) is 2. The number of fused-ring (bicyclic) bond motifs is 1. The molecule has 1 aromatic heterocycles. The van der Waals surface area contributed by atoms with Crippen LogP contribution in [0.2, 0.25) is 5.02 Å². The summed E-state index contributed by atoms with van der Waals surface area (Å²) >= 11 is 7.46. The van der Waals surface area contributed by atoms with E-state index < -0.39 is 11.9 Å². The Balaban J connectivity index is 1.70. The maximum atomic E-state index is 12.3. The van der Waals surface area contributed by atoms with Crippen molar-refractivity contribution in [3.05, 3.63) is 64.0 Å². The standard InChI is InChI=1S/C18H14ClN3O4S/c19-15-12-3-1-2-4-13(12)27-16(15)18(24)26-22-17(21)10-5-7-11(8-6-10)25-9-14(20)23/h1-8H,9H2,(H2,20,23)(H2,21,22). The zero-order chi connectivity index (χ0) is 19.4. The lowest BCUT2D eigenvalue weighted by Crippen LogP contribution is -2.20. The average molecular weight is 404 g/mol. The van der Waals surface area contributed by atoms with Gasteiger partial charge in [-0.15, -0.1) is 11.3 Å². The molecule has 7 nitrogen and oxygen atoms in total. The van der Waals surface area contributed by atoms with E-state index in [4.69, 9.17) is 32.6 Å². The van der Waals surface area contributed by atoms with Crippen molar-refractivity contribution in [2.75, 3.05) is 6.61 Å². The molecule has 3 rings (SSSR count). The van der Waals surface area contributed by atoms with Crippen molar-refractivity contribution in [3.63, 3.8) is 0 Å². The molecule has 0 fully saturated rings. The Labute approximate surface area is 163 Å². The van der Waals surface area contributed by atoms with Gasteiger partial charge in [0.25, 0.3) is 5.91 Å². The number of primary amides is 1. The number of halogens is 1. The van der Waals surface area contributed by atoms with Gasteiger partial charge in [0.2, 0.25) is 0 Å². The molecular weight excluding hydrogens is 390 g/mol. The minimum absolute atomic E-state index is 0.00188. The van der Waals surface area contributed by atoms with Crippen molar-refractivity contribution in [1.82, 2.24) is 0 Å². The van der Waals surface area contributed by atoms with E-state index in [0.717, 1.165) is 10.1 Å². The van der Waals surface area contributed by atoms with Crippen LogP contribution >= 0.6 is 22.9 Å². The van der Waals surface area contributed by atoms with Gasteiger partial charge in [-0.1, -0.05) is 35.0 Å². The quantitative estimate of drug-likeness (QED) is 0.284. The lowest BCUT2D eigenvalue weighted by molar-refractivity contribution is -0.119. The predicted octanol–water partition coefficient (Wildman–Crippen LogP) is 2.90. The number of benzene rings is 2. The summed E-state index contributed by atoms with van der Waals surface area (Å²) in [5.74, 6) is -0.820. The Morgan fingerprint density at radius 1 is 1.07 bits per heavy atom. The highest BCUT2D eigenvalue weighted by molar-refractivity contribution is 7.21. The summed E-state index contributed by atoms with van der Waals surface area (Å²) in [5.41, 5.74) is 11.4. The molecule has 0 aliphatic carbocycles. The molecule has 138 valence electrons. The number of thiophene rings is 1. The molecule has 3 aromatic rings. The van der Waals surface area contributed by atoms with Gasteiger partial charge in [0.05, 0.1) is 5.02 Å². The van der Waals surface area contributed by atoms with Gasteiger partial charge in [-0.2, -0.15) is 0 Å². The molecule has 0 saturated carbocycles. The Bertz CT molecular complexity index is 1030. The third kappa shape index (κ3) is 4.36. The highest BCUT2D eigenvalue weighted by atomic mass is 35.5. The van der Waals surface area contributed by atoms with Crippen LogP contribution in [0, 0.1) is 0 Å². The number of ether oxygens (including phenoxy) is 1. The lowest BCUT2D eigenvalue weighted by atomic mass is 10.2. The fourth-order valence-corrected chi connectivity index (χ4v) is 3.59. The summed E-state index contributed by atoms with van der Waals surface area (Å²) in [5, 5.41) is 4.77. The molecule has 0 saturated heterocycles. The molecule has 0 aliphatic heterocycles. The topological polar surface area (TPSA) is 117 Å². The first kappa shape index (κ1) is 18.7. The first-order chi connectivity index (χ1) is 13.0. The second-order valence-corrected chi connectivity index (χ2v) is 6.81. The Kier molecular flexibility index (Phi) is 5.58. The first-order valence-corrected chi connectivity index (χ1v) is 8.88. The van der Waals surface area contributed by atoms with Crippen LogP contribution in [0.5, 0.6) is 5.75 Å². The minimum atomic E-state index is -0.689. The maximum absolute atomic E-state index is 12.3. The van der Waals surface area contributed by atoms with Crippen LogP contribution in [0.3, 0.4) is 0 Å². The van der Waals surface area contributed by atoms with Gasteiger partial charge in [-0.25, -0.2) is 4.79 Å². The van der Waals surface area contributed by atoms with Gasteiger partial charge in [-0.05, 0) is 30.3 Å². The number of nitrogens with zero attached hydrogens (tertiary/aromatic N) is 1. The molecule has 4 N–H and O–H groups in total. The van der Waals surface area contributed by atoms with Gasteiger partial charge in [-0.3, -0.25) is 4.79 Å². The first-order valence-electron chi connectivity index (χ1n) is 7.69. The molecule has 0 radical (unpaired) electrons. The predicted molar refractivity (Wildman–Crippen MR) is 104 cm³/mol. The third-order valence-corrected chi connectivity index (χ3v) is 5.13. The molecule has 1 amide bonds. The van der Waals surface area contributed by atoms with Crippen molar-refractivity contribution in [2.24, 2.45) is 16.6 Å². The number of amidine groups is 1. The van der Waals surface area contributed by atoms with E-state index in [-0.39, 0.29) is 17.3 Å². The minimum Gasteiger partial charge on any atom is -0.484 e. The summed E-state index contributed by atoms with van der Waals surface area (Å²) in [7, 11) is 0. The highest BCUT2D eigenvalue weighted by Crippen LogP contribution is 2.35. The van der Waals surface area contributed by atoms with Gasteiger partial charge >= 0.3 is 5.97 Å². The van der Waals surface area contributed by atoms with E-state index in [2.05, 4.69) is 5.16 Å². The van der Waals surface area contributed by atoms with Crippen LogP contribution in [0.25, 0.3) is 10.1 Å². The van der Waals surface area contributed by atoms with E-state index in [0.29, 0.717) is 16.3 Å². The monoisotopic (exact) mass is 403 g/mol. The molecule has 9 heteroatoms. The summed E-state index contributed by atoms with van der Waals surface area (Å²) in [6.07, 6.45) is 0. The number of hydrogen-bond acceptors (Lipinski definition) is 6. The van der Waals surface area contributed by atoms with Crippen LogP contribution in [0.4, 0.5) is 0 Å². The van der Waals surface area contributed by atoms with E-state index in [9.17, 15) is 9.59 Å². The van der Waals surface area contributed by atoms with Gasteiger partial charge in [0, 0.05) is 15.6 Å². The number of oxime groups is 1. The Morgan fingerprint density at radius 3 is 2.44 bits per heavy atom. The molecule has 2 aromatic carbocycles. The van der Waals surface area contributed by atoms with Crippen LogP contribution in [-0.4, -0.2) is 24.3 Å². The zero-order valence-electron chi connectivity index (χ0n) is 13.8. The maximum Gasteiger partial charge on any atom is 0.377 e. The van der Waals surface area contributed by atoms with E-state index in [1.165, 1.54) is 11.3 Å². The number of nitrogens with two attached hydrogens (primary N) is 2. The van der Waals surface area contributed by atoms with Crippen LogP contribution in [-0.2, 0) is 9.63 Å². The Hall–Kier alpha value is -3.10. The van der Waals surface area contributed by atoms with Crippen LogP contribution < -0.4 is 16.2 Å². The highest BCUT2D eigenvalue weighted by Gasteiger charge is 2.18. The average Bonchev–Trinajstić information content (AvgIpc) is 3.01. The number of carbonyl (C=O) groups is 2. The fourth-order valence-electron chi connectivity index (χ4n) is 2.21. The number of amides is 1. The SMILES string of the molecule is NC(=O)COc1ccc(/C(N)=N/OC(=O)c2sc3ccccc3c2Cl)cc1. The summed E-state index contributed by atoms with van der Waals surface area (Å²) in [4.78, 5) is 28.1. The number of carbonyl (C=O) groups excluding carboxylic acids is 2. The van der Waals surface area contributed by atoms with Crippen LogP contribution in [0.15, 0.2) is 53.7 Å². The van der Waals surface area contributed by atoms with Crippen molar-refractivity contribution < 1.29 is 19.2 Å². The lowest BCUT2D eigenvalue weighted by Gasteiger charge is -2.05. The molecule has 0 bridgehead atoms. The van der Waals surface area contributed by atoms with Crippen LogP contribution in [0.1, 0.15) is 15.2 Å². The molecule has 1 heterocycles. The second-order valence-electron chi connectivity index (χ2n) is 5.38. The van der Waals surface area contributed by atoms with Crippen molar-refractivity contribution in [1.29, 1.82) is 0 Å². The zero-order valence-corrected chi connectivity index (χ0v) is 15.4. The molecule has 0 unspecified atom stereocenters. The molecule has 0 spiro atoms. The smallest absolute Gasteiger partial charge is 0.377 e. The third-order valence-electron chi connectivity index (χ3n) is 3.48. The molecule has 0 aliphatic rings. The van der Waals surface area contributed by atoms with E-state index in [1.807, 2.05) is 24.3 Å². The Morgan fingerprint density at radius 2 is 1.78 bits per heavy atom. The number of rotatable bonds is 6. The fraction of sp³-hybridized carbons (Fsp3) is 0.0556. The summed E-state index contributed by atoms with van der Waals surface area (Å²) in [6, 6.07) is 13.8. The summed E-state index contributed by atoms with van der Waals surface area (Å²) < 4.78 is 6.02. The second kappa shape index (κ2) is 8.07. The van der Waals surface area contributed by atoms with E-state index in [1.54, 1.807) is 24.3 Å². The van der Waals surface area contributed by atoms with E-state index >= 15 is 0 Å². The van der Waals surface area contributed by atoms with Gasteiger partial charge in [0.1, 0.15) is 10.6 Å². The van der Waals surface area contributed by atoms with Crippen molar-refractivity contribution in [3.8, 4) is 5.75 Å². The normalized spacial score (nSPS) is 11.4. The molecular formula is C18H14ClN3O4S. The molecule has 27 heavy (non-hydrogen) atoms. The summed E-state index contributed by atoms with van der Waals surface area (Å²) in [6.45, 7) is -0.226.